The predicted molar refractivity (Wildman–Crippen MR) is 70.8 cm³/mol. The Labute approximate surface area is 107 Å². The molecule has 0 radical (unpaired) electrons. The van der Waals surface area contributed by atoms with Crippen molar-refractivity contribution in [2.24, 2.45) is 11.8 Å². The molecule has 4 nitrogen and oxygen atoms in total. The number of anilines is 1. The van der Waals surface area contributed by atoms with E-state index in [1.165, 1.54) is 19.3 Å². The minimum atomic E-state index is -0.298. The summed E-state index contributed by atoms with van der Waals surface area (Å²) >= 11 is 0. The normalized spacial score (nSPS) is 29.9. The zero-order chi connectivity index (χ0) is 12.7. The van der Waals surface area contributed by atoms with Gasteiger partial charge in [-0.25, -0.2) is 0 Å². The molecule has 1 aliphatic heterocycles. The fraction of sp³-hybridized carbons (Fsp3) is 0.571. The summed E-state index contributed by atoms with van der Waals surface area (Å²) in [4.78, 5) is 10.6. The van der Waals surface area contributed by atoms with Gasteiger partial charge in [-0.05, 0) is 29.9 Å². The third-order valence-electron chi connectivity index (χ3n) is 4.60. The monoisotopic (exact) mass is 246 g/mol. The van der Waals surface area contributed by atoms with Crippen LogP contribution in [-0.4, -0.2) is 11.5 Å². The molecule has 3 unspecified atom stereocenters. The highest BCUT2D eigenvalue weighted by Gasteiger charge is 2.36. The number of non-ortho nitro benzene ring substituents is 1. The van der Waals surface area contributed by atoms with Gasteiger partial charge in [0, 0.05) is 30.3 Å². The maximum Gasteiger partial charge on any atom is 0.269 e. The quantitative estimate of drug-likeness (QED) is 0.641. The molecule has 3 atom stereocenters. The molecule has 0 saturated heterocycles. The third kappa shape index (κ3) is 1.76. The average Bonchev–Trinajstić information content (AvgIpc) is 2.93. The molecule has 1 heterocycles. The van der Waals surface area contributed by atoms with Crippen molar-refractivity contribution in [3.8, 4) is 0 Å². The minimum Gasteiger partial charge on any atom is -0.384 e. The van der Waals surface area contributed by atoms with E-state index in [0.29, 0.717) is 11.8 Å². The summed E-state index contributed by atoms with van der Waals surface area (Å²) in [5.74, 6) is 1.88. The molecule has 1 fully saturated rings. The summed E-state index contributed by atoms with van der Waals surface area (Å²) in [5.41, 5.74) is 2.46. The van der Waals surface area contributed by atoms with E-state index in [9.17, 15) is 10.1 Å². The van der Waals surface area contributed by atoms with E-state index in [4.69, 9.17) is 0 Å². The van der Waals surface area contributed by atoms with Crippen molar-refractivity contribution >= 4 is 11.4 Å². The topological polar surface area (TPSA) is 55.2 Å². The SMILES string of the molecule is CC1CCCC1C1CNc2ccc([N+](=O)[O-])cc21. The van der Waals surface area contributed by atoms with Crippen LogP contribution in [0.25, 0.3) is 0 Å². The Balaban J connectivity index is 1.94. The van der Waals surface area contributed by atoms with Crippen molar-refractivity contribution in [2.45, 2.75) is 32.1 Å². The summed E-state index contributed by atoms with van der Waals surface area (Å²) in [6.45, 7) is 3.25. The number of rotatable bonds is 2. The predicted octanol–water partition coefficient (Wildman–Crippen LogP) is 3.54. The average molecular weight is 246 g/mol. The van der Waals surface area contributed by atoms with Gasteiger partial charge in [-0.15, -0.1) is 0 Å². The molecule has 96 valence electrons. The van der Waals surface area contributed by atoms with Crippen LogP contribution in [-0.2, 0) is 0 Å². The van der Waals surface area contributed by atoms with E-state index >= 15 is 0 Å². The molecule has 3 rings (SSSR count). The first-order valence-electron chi connectivity index (χ1n) is 6.69. The summed E-state index contributed by atoms with van der Waals surface area (Å²) in [7, 11) is 0. The summed E-state index contributed by atoms with van der Waals surface area (Å²) in [6, 6.07) is 5.21. The first-order valence-corrected chi connectivity index (χ1v) is 6.69. The van der Waals surface area contributed by atoms with Crippen LogP contribution in [0, 0.1) is 22.0 Å². The number of fused-ring (bicyclic) bond motifs is 1. The Morgan fingerprint density at radius 1 is 1.39 bits per heavy atom. The van der Waals surface area contributed by atoms with Gasteiger partial charge in [0.05, 0.1) is 4.92 Å². The lowest BCUT2D eigenvalue weighted by atomic mass is 9.81. The van der Waals surface area contributed by atoms with E-state index in [-0.39, 0.29) is 10.6 Å². The summed E-state index contributed by atoms with van der Waals surface area (Å²) in [5, 5.41) is 14.3. The molecule has 1 aromatic carbocycles. The number of nitrogens with one attached hydrogen (secondary N) is 1. The number of nitrogens with zero attached hydrogens (tertiary/aromatic N) is 1. The summed E-state index contributed by atoms with van der Waals surface area (Å²) < 4.78 is 0. The van der Waals surface area contributed by atoms with Crippen LogP contribution in [0.3, 0.4) is 0 Å². The Morgan fingerprint density at radius 2 is 2.22 bits per heavy atom. The molecule has 0 amide bonds. The van der Waals surface area contributed by atoms with E-state index in [2.05, 4.69) is 12.2 Å². The number of hydrogen-bond donors (Lipinski definition) is 1. The van der Waals surface area contributed by atoms with Gasteiger partial charge in [-0.3, -0.25) is 10.1 Å². The maximum atomic E-state index is 10.9. The van der Waals surface area contributed by atoms with Gasteiger partial charge < -0.3 is 5.32 Å². The molecule has 0 spiro atoms. The van der Waals surface area contributed by atoms with Crippen molar-refractivity contribution in [3.63, 3.8) is 0 Å². The van der Waals surface area contributed by atoms with Crippen molar-refractivity contribution < 1.29 is 4.92 Å². The van der Waals surface area contributed by atoms with Gasteiger partial charge in [0.1, 0.15) is 0 Å². The van der Waals surface area contributed by atoms with Crippen molar-refractivity contribution in [1.82, 2.24) is 0 Å². The fourth-order valence-corrected chi connectivity index (χ4v) is 3.62. The standard InChI is InChI=1S/C14H18N2O2/c1-9-3-2-4-11(9)13-8-15-14-6-5-10(16(17)18)7-12(13)14/h5-7,9,11,13,15H,2-4,8H2,1H3. The summed E-state index contributed by atoms with van der Waals surface area (Å²) in [6.07, 6.45) is 3.85. The Hall–Kier alpha value is -1.58. The van der Waals surface area contributed by atoms with Gasteiger partial charge in [0.2, 0.25) is 0 Å². The van der Waals surface area contributed by atoms with Crippen LogP contribution in [0.1, 0.15) is 37.7 Å². The molecule has 1 N–H and O–H groups in total. The van der Waals surface area contributed by atoms with Crippen molar-refractivity contribution in [3.05, 3.63) is 33.9 Å². The zero-order valence-corrected chi connectivity index (χ0v) is 10.6. The largest absolute Gasteiger partial charge is 0.384 e. The number of hydrogen-bond acceptors (Lipinski definition) is 3. The van der Waals surface area contributed by atoms with Crippen LogP contribution < -0.4 is 5.32 Å². The van der Waals surface area contributed by atoms with Gasteiger partial charge in [-0.1, -0.05) is 19.8 Å². The second kappa shape index (κ2) is 4.26. The lowest BCUT2D eigenvalue weighted by Gasteiger charge is -2.22. The second-order valence-electron chi connectivity index (χ2n) is 5.59. The van der Waals surface area contributed by atoms with E-state index in [1.54, 1.807) is 12.1 Å². The lowest BCUT2D eigenvalue weighted by molar-refractivity contribution is -0.384. The molecular weight excluding hydrogens is 228 g/mol. The van der Waals surface area contributed by atoms with Crippen LogP contribution in [0.15, 0.2) is 18.2 Å². The van der Waals surface area contributed by atoms with Gasteiger partial charge in [0.15, 0.2) is 0 Å². The van der Waals surface area contributed by atoms with Gasteiger partial charge >= 0.3 is 0 Å². The molecule has 1 saturated carbocycles. The highest BCUT2D eigenvalue weighted by molar-refractivity contribution is 5.61. The first kappa shape index (κ1) is 11.5. The maximum absolute atomic E-state index is 10.9. The van der Waals surface area contributed by atoms with E-state index < -0.39 is 0 Å². The van der Waals surface area contributed by atoms with Crippen LogP contribution in [0.5, 0.6) is 0 Å². The van der Waals surface area contributed by atoms with E-state index in [0.717, 1.165) is 23.7 Å². The Morgan fingerprint density at radius 3 is 2.89 bits per heavy atom. The number of nitro benzene ring substituents is 1. The molecule has 4 heteroatoms. The molecule has 1 aromatic rings. The third-order valence-corrected chi connectivity index (χ3v) is 4.60. The zero-order valence-electron chi connectivity index (χ0n) is 10.6. The molecule has 2 aliphatic rings. The van der Waals surface area contributed by atoms with Crippen LogP contribution in [0.4, 0.5) is 11.4 Å². The van der Waals surface area contributed by atoms with Crippen LogP contribution >= 0.6 is 0 Å². The lowest BCUT2D eigenvalue weighted by Crippen LogP contribution is -2.17. The first-order chi connectivity index (χ1) is 8.66. The van der Waals surface area contributed by atoms with Gasteiger partial charge in [-0.2, -0.15) is 0 Å². The van der Waals surface area contributed by atoms with Crippen LogP contribution in [0.2, 0.25) is 0 Å². The highest BCUT2D eigenvalue weighted by Crippen LogP contribution is 2.46. The minimum absolute atomic E-state index is 0.216. The van der Waals surface area contributed by atoms with E-state index in [1.807, 2.05) is 6.07 Å². The molecule has 1 aliphatic carbocycles. The highest BCUT2D eigenvalue weighted by atomic mass is 16.6. The number of nitro groups is 1. The smallest absolute Gasteiger partial charge is 0.269 e. The van der Waals surface area contributed by atoms with Gasteiger partial charge in [0.25, 0.3) is 5.69 Å². The molecule has 0 bridgehead atoms. The van der Waals surface area contributed by atoms with Crippen molar-refractivity contribution in [2.75, 3.05) is 11.9 Å². The Bertz CT molecular complexity index is 487. The Kier molecular flexibility index (Phi) is 2.73. The number of benzene rings is 1. The molecule has 18 heavy (non-hydrogen) atoms. The molecule has 0 aromatic heterocycles. The van der Waals surface area contributed by atoms with Crippen molar-refractivity contribution in [1.29, 1.82) is 0 Å². The fourth-order valence-electron chi connectivity index (χ4n) is 3.62. The second-order valence-corrected chi connectivity index (χ2v) is 5.59. The molecular formula is C14H18N2O2.